The Morgan fingerprint density at radius 3 is 2.56 bits per heavy atom. The number of esters is 1. The molecule has 166 valence electrons. The van der Waals surface area contributed by atoms with E-state index >= 15 is 0 Å². The maximum absolute atomic E-state index is 12.2. The smallest absolute Gasteiger partial charge is 0.338 e. The molecule has 0 saturated heterocycles. The van der Waals surface area contributed by atoms with Crippen molar-refractivity contribution >= 4 is 28.0 Å². The number of hydrogen-bond acceptors (Lipinski definition) is 5. The fourth-order valence-corrected chi connectivity index (χ4v) is 4.42. The highest BCUT2D eigenvalue weighted by Crippen LogP contribution is 2.38. The third-order valence-corrected chi connectivity index (χ3v) is 6.29. The molecule has 0 aliphatic heterocycles. The van der Waals surface area contributed by atoms with E-state index in [1.165, 1.54) is 20.0 Å². The van der Waals surface area contributed by atoms with Crippen LogP contribution in [-0.2, 0) is 24.2 Å². The Kier molecular flexibility index (Phi) is 5.12. The van der Waals surface area contributed by atoms with Crippen LogP contribution >= 0.6 is 0 Å². The molecule has 7 heteroatoms. The van der Waals surface area contributed by atoms with E-state index in [0.717, 1.165) is 53.3 Å². The lowest BCUT2D eigenvalue weighted by Gasteiger charge is -2.12. The summed E-state index contributed by atoms with van der Waals surface area (Å²) in [6, 6.07) is 9.94. The van der Waals surface area contributed by atoms with Crippen molar-refractivity contribution < 1.29 is 14.3 Å². The van der Waals surface area contributed by atoms with E-state index in [2.05, 4.69) is 41.2 Å². The van der Waals surface area contributed by atoms with Crippen LogP contribution < -0.4 is 4.74 Å². The SMILES string of the molecule is CCc1ccc2cc(-c3nc4cc(C(=O)OC)cc(OC)c4n3CC)n(CC3CC3)c2n1. The molecule has 4 aromatic rings. The summed E-state index contributed by atoms with van der Waals surface area (Å²) in [5.41, 5.74) is 5.18. The molecule has 3 aromatic heterocycles. The van der Waals surface area contributed by atoms with Gasteiger partial charge in [-0.2, -0.15) is 0 Å². The van der Waals surface area contributed by atoms with Crippen molar-refractivity contribution in [2.24, 2.45) is 5.92 Å². The molecule has 3 heterocycles. The molecule has 1 saturated carbocycles. The van der Waals surface area contributed by atoms with Gasteiger partial charge in [-0.3, -0.25) is 0 Å². The zero-order valence-electron chi connectivity index (χ0n) is 19.0. The van der Waals surface area contributed by atoms with E-state index in [-0.39, 0.29) is 0 Å². The second kappa shape index (κ2) is 7.97. The van der Waals surface area contributed by atoms with E-state index in [1.54, 1.807) is 19.2 Å². The minimum absolute atomic E-state index is 0.406. The van der Waals surface area contributed by atoms with Crippen LogP contribution in [0.25, 0.3) is 33.6 Å². The molecule has 1 fully saturated rings. The van der Waals surface area contributed by atoms with Crippen LogP contribution in [0, 0.1) is 5.92 Å². The summed E-state index contributed by atoms with van der Waals surface area (Å²) in [6.07, 6.45) is 3.42. The normalized spacial score (nSPS) is 13.8. The van der Waals surface area contributed by atoms with Crippen LogP contribution in [0.15, 0.2) is 30.3 Å². The molecule has 1 aliphatic carbocycles. The Morgan fingerprint density at radius 1 is 1.09 bits per heavy atom. The number of benzene rings is 1. The zero-order chi connectivity index (χ0) is 22.4. The third kappa shape index (κ3) is 3.32. The van der Waals surface area contributed by atoms with Gasteiger partial charge in [-0.05, 0) is 62.4 Å². The fourth-order valence-electron chi connectivity index (χ4n) is 4.42. The quantitative estimate of drug-likeness (QED) is 0.391. The molecule has 7 nitrogen and oxygen atoms in total. The molecule has 1 aromatic carbocycles. The standard InChI is InChI=1S/C25H28N4O3/c1-5-18-10-9-16-12-20(29(23(16)26-18)14-15-7-8-15)24-27-19-11-17(25(30)32-4)13-21(31-3)22(19)28(24)6-2/h9-13,15H,5-8,14H2,1-4H3. The highest BCUT2D eigenvalue weighted by atomic mass is 16.5. The Labute approximate surface area is 187 Å². The first kappa shape index (κ1) is 20.5. The Morgan fingerprint density at radius 2 is 1.91 bits per heavy atom. The molecular weight excluding hydrogens is 404 g/mol. The number of hydrogen-bond donors (Lipinski definition) is 0. The van der Waals surface area contributed by atoms with Gasteiger partial charge >= 0.3 is 5.97 Å². The summed E-state index contributed by atoms with van der Waals surface area (Å²) >= 11 is 0. The molecule has 0 atom stereocenters. The molecule has 0 bridgehead atoms. The number of methoxy groups -OCH3 is 2. The topological polar surface area (TPSA) is 71.2 Å². The summed E-state index contributed by atoms with van der Waals surface area (Å²) in [6.45, 7) is 5.89. The first-order valence-corrected chi connectivity index (χ1v) is 11.2. The molecule has 0 amide bonds. The Bertz CT molecular complexity index is 1330. The monoisotopic (exact) mass is 432 g/mol. The maximum atomic E-state index is 12.2. The Hall–Kier alpha value is -3.35. The average molecular weight is 433 g/mol. The number of rotatable bonds is 7. The molecular formula is C25H28N4O3. The summed E-state index contributed by atoms with van der Waals surface area (Å²) in [4.78, 5) is 22.1. The van der Waals surface area contributed by atoms with Gasteiger partial charge in [0.15, 0.2) is 5.82 Å². The molecule has 1 aliphatic rings. The summed E-state index contributed by atoms with van der Waals surface area (Å²) in [5, 5.41) is 1.12. The van der Waals surface area contributed by atoms with Gasteiger partial charge in [0.2, 0.25) is 0 Å². The number of aromatic nitrogens is 4. The molecule has 5 rings (SSSR count). The Balaban J connectivity index is 1.77. The van der Waals surface area contributed by atoms with Gasteiger partial charge in [0.05, 0.1) is 31.0 Å². The second-order valence-electron chi connectivity index (χ2n) is 8.37. The predicted molar refractivity (Wildman–Crippen MR) is 124 cm³/mol. The third-order valence-electron chi connectivity index (χ3n) is 6.29. The van der Waals surface area contributed by atoms with E-state index in [1.807, 2.05) is 0 Å². The van der Waals surface area contributed by atoms with Crippen LogP contribution in [0.3, 0.4) is 0 Å². The lowest BCUT2D eigenvalue weighted by Crippen LogP contribution is -2.07. The average Bonchev–Trinajstić information content (AvgIpc) is 3.47. The highest BCUT2D eigenvalue weighted by Gasteiger charge is 2.27. The largest absolute Gasteiger partial charge is 0.494 e. The van der Waals surface area contributed by atoms with Crippen LogP contribution in [0.1, 0.15) is 42.7 Å². The van der Waals surface area contributed by atoms with Crippen molar-refractivity contribution in [1.82, 2.24) is 19.1 Å². The van der Waals surface area contributed by atoms with E-state index in [0.29, 0.717) is 22.7 Å². The molecule has 0 radical (unpaired) electrons. The number of carbonyl (C=O) groups is 1. The van der Waals surface area contributed by atoms with Gasteiger partial charge in [-0.15, -0.1) is 0 Å². The minimum Gasteiger partial charge on any atom is -0.494 e. The molecule has 0 unspecified atom stereocenters. The van der Waals surface area contributed by atoms with Crippen molar-refractivity contribution in [3.8, 4) is 17.3 Å². The summed E-state index contributed by atoms with van der Waals surface area (Å²) in [5.74, 6) is 1.76. The van der Waals surface area contributed by atoms with Crippen molar-refractivity contribution in [2.75, 3.05) is 14.2 Å². The molecule has 0 N–H and O–H groups in total. The number of fused-ring (bicyclic) bond motifs is 2. The van der Waals surface area contributed by atoms with Gasteiger partial charge in [0.1, 0.15) is 16.9 Å². The number of aryl methyl sites for hydroxylation is 2. The summed E-state index contributed by atoms with van der Waals surface area (Å²) in [7, 11) is 2.99. The number of imidazole rings is 1. The van der Waals surface area contributed by atoms with Crippen LogP contribution in [0.5, 0.6) is 5.75 Å². The number of ether oxygens (including phenoxy) is 2. The highest BCUT2D eigenvalue weighted by molar-refractivity contribution is 5.97. The van der Waals surface area contributed by atoms with Crippen LogP contribution in [0.2, 0.25) is 0 Å². The zero-order valence-corrected chi connectivity index (χ0v) is 19.0. The number of nitrogens with zero attached hydrogens (tertiary/aromatic N) is 4. The van der Waals surface area contributed by atoms with Gasteiger partial charge in [-0.25, -0.2) is 14.8 Å². The van der Waals surface area contributed by atoms with Gasteiger partial charge in [0.25, 0.3) is 0 Å². The van der Waals surface area contributed by atoms with Crippen molar-refractivity contribution in [3.05, 3.63) is 41.6 Å². The van der Waals surface area contributed by atoms with Crippen molar-refractivity contribution in [3.63, 3.8) is 0 Å². The van der Waals surface area contributed by atoms with Gasteiger partial charge < -0.3 is 18.6 Å². The second-order valence-corrected chi connectivity index (χ2v) is 8.37. The number of carbonyl (C=O) groups excluding carboxylic acids is 1. The van der Waals surface area contributed by atoms with E-state index in [9.17, 15) is 4.79 Å². The van der Waals surface area contributed by atoms with Crippen LogP contribution in [-0.4, -0.2) is 39.3 Å². The molecule has 0 spiro atoms. The maximum Gasteiger partial charge on any atom is 0.338 e. The summed E-state index contributed by atoms with van der Waals surface area (Å²) < 4.78 is 15.1. The van der Waals surface area contributed by atoms with Crippen molar-refractivity contribution in [1.29, 1.82) is 0 Å². The van der Waals surface area contributed by atoms with Crippen LogP contribution in [0.4, 0.5) is 0 Å². The van der Waals surface area contributed by atoms with Crippen molar-refractivity contribution in [2.45, 2.75) is 46.2 Å². The first-order valence-electron chi connectivity index (χ1n) is 11.2. The fraction of sp³-hybridized carbons (Fsp3) is 0.400. The minimum atomic E-state index is -0.406. The lowest BCUT2D eigenvalue weighted by molar-refractivity contribution is 0.0600. The van der Waals surface area contributed by atoms with E-state index < -0.39 is 5.97 Å². The van der Waals surface area contributed by atoms with Gasteiger partial charge in [0, 0.05) is 24.2 Å². The predicted octanol–water partition coefficient (Wildman–Crippen LogP) is 4.84. The molecule has 32 heavy (non-hydrogen) atoms. The lowest BCUT2D eigenvalue weighted by atomic mass is 10.2. The van der Waals surface area contributed by atoms with Gasteiger partial charge in [-0.1, -0.05) is 6.92 Å². The first-order chi connectivity index (χ1) is 15.6. The number of pyridine rings is 1. The van der Waals surface area contributed by atoms with E-state index in [4.69, 9.17) is 19.4 Å².